The third-order valence-electron chi connectivity index (χ3n) is 2.24. The van der Waals surface area contributed by atoms with Crippen molar-refractivity contribution in [2.45, 2.75) is 13.8 Å². The maximum atomic E-state index is 11.6. The Bertz CT molecular complexity index is 438. The minimum absolute atomic E-state index is 0.346. The zero-order valence-corrected chi connectivity index (χ0v) is 12.1. The fourth-order valence-corrected chi connectivity index (χ4v) is 1.94. The van der Waals surface area contributed by atoms with E-state index in [0.29, 0.717) is 23.8 Å². The van der Waals surface area contributed by atoms with Crippen LogP contribution in [0.3, 0.4) is 0 Å². The molecule has 1 aromatic rings. The normalized spacial score (nSPS) is 10.0. The van der Waals surface area contributed by atoms with Gasteiger partial charge in [0.2, 0.25) is 5.95 Å². The topological polar surface area (TPSA) is 64.1 Å². The van der Waals surface area contributed by atoms with Gasteiger partial charge in [-0.1, -0.05) is 6.08 Å². The highest BCUT2D eigenvalue weighted by atomic mass is 32.2. The van der Waals surface area contributed by atoms with Gasteiger partial charge >= 0.3 is 5.97 Å². The van der Waals surface area contributed by atoms with Crippen LogP contribution in [0.1, 0.15) is 23.0 Å². The second kappa shape index (κ2) is 8.53. The molecule has 0 radical (unpaired) electrons. The van der Waals surface area contributed by atoms with Crippen molar-refractivity contribution in [1.29, 1.82) is 0 Å². The standard InChI is InChI=1S/C13H19N3O2S/c1-4-7-19-8-6-14-13-15-9-11(10(3)16-13)12(17)18-5-2/h4,9H,1,5-8H2,2-3H3,(H,14,15,16). The predicted octanol–water partition coefficient (Wildman–Crippen LogP) is 2.29. The van der Waals surface area contributed by atoms with Crippen LogP contribution in [0, 0.1) is 6.92 Å². The van der Waals surface area contributed by atoms with E-state index in [1.54, 1.807) is 25.6 Å². The summed E-state index contributed by atoms with van der Waals surface area (Å²) in [4.78, 5) is 19.9. The van der Waals surface area contributed by atoms with E-state index in [0.717, 1.165) is 18.1 Å². The molecule has 0 bridgehead atoms. The van der Waals surface area contributed by atoms with Gasteiger partial charge in [-0.3, -0.25) is 0 Å². The molecule has 0 aliphatic carbocycles. The summed E-state index contributed by atoms with van der Waals surface area (Å²) >= 11 is 1.78. The average Bonchev–Trinajstić information content (AvgIpc) is 2.39. The van der Waals surface area contributed by atoms with Crippen LogP contribution in [0.15, 0.2) is 18.9 Å². The Morgan fingerprint density at radius 2 is 2.42 bits per heavy atom. The smallest absolute Gasteiger partial charge is 0.341 e. The summed E-state index contributed by atoms with van der Waals surface area (Å²) in [6.45, 7) is 8.32. The number of aromatic nitrogens is 2. The lowest BCUT2D eigenvalue weighted by atomic mass is 10.2. The fourth-order valence-electron chi connectivity index (χ4n) is 1.36. The van der Waals surface area contributed by atoms with E-state index >= 15 is 0 Å². The Labute approximate surface area is 117 Å². The van der Waals surface area contributed by atoms with Crippen LogP contribution < -0.4 is 5.32 Å². The maximum Gasteiger partial charge on any atom is 0.341 e. The molecule has 1 N–H and O–H groups in total. The monoisotopic (exact) mass is 281 g/mol. The highest BCUT2D eigenvalue weighted by Gasteiger charge is 2.12. The molecule has 104 valence electrons. The number of esters is 1. The molecule has 0 spiro atoms. The third kappa shape index (κ3) is 5.30. The number of nitrogens with one attached hydrogen (secondary N) is 1. The highest BCUT2D eigenvalue weighted by molar-refractivity contribution is 7.99. The third-order valence-corrected chi connectivity index (χ3v) is 3.20. The molecule has 5 nitrogen and oxygen atoms in total. The van der Waals surface area contributed by atoms with Crippen molar-refractivity contribution in [2.24, 2.45) is 0 Å². The molecule has 0 unspecified atom stereocenters. The van der Waals surface area contributed by atoms with E-state index in [-0.39, 0.29) is 5.97 Å². The van der Waals surface area contributed by atoms with Crippen LogP contribution >= 0.6 is 11.8 Å². The Morgan fingerprint density at radius 1 is 1.63 bits per heavy atom. The number of hydrogen-bond donors (Lipinski definition) is 1. The minimum Gasteiger partial charge on any atom is -0.462 e. The molecule has 0 aromatic carbocycles. The van der Waals surface area contributed by atoms with Crippen LogP contribution in [0.5, 0.6) is 0 Å². The minimum atomic E-state index is -0.381. The SMILES string of the molecule is C=CCSCCNc1ncc(C(=O)OCC)c(C)n1. The number of anilines is 1. The van der Waals surface area contributed by atoms with Gasteiger partial charge in [-0.05, 0) is 13.8 Å². The van der Waals surface area contributed by atoms with Crippen LogP contribution in [-0.2, 0) is 4.74 Å². The zero-order chi connectivity index (χ0) is 14.1. The van der Waals surface area contributed by atoms with Crippen LogP contribution in [-0.4, -0.2) is 40.6 Å². The zero-order valence-electron chi connectivity index (χ0n) is 11.3. The van der Waals surface area contributed by atoms with Crippen LogP contribution in [0.25, 0.3) is 0 Å². The van der Waals surface area contributed by atoms with Gasteiger partial charge in [0.15, 0.2) is 0 Å². The van der Waals surface area contributed by atoms with Gasteiger partial charge in [0.1, 0.15) is 0 Å². The molecular weight excluding hydrogens is 262 g/mol. The van der Waals surface area contributed by atoms with Gasteiger partial charge < -0.3 is 10.1 Å². The lowest BCUT2D eigenvalue weighted by Crippen LogP contribution is -2.12. The first kappa shape index (κ1) is 15.5. The Hall–Kier alpha value is -1.56. The number of aryl methyl sites for hydroxylation is 1. The molecule has 0 aliphatic heterocycles. The molecule has 6 heteroatoms. The van der Waals surface area contributed by atoms with Crippen molar-refractivity contribution >= 4 is 23.7 Å². The van der Waals surface area contributed by atoms with Crippen molar-refractivity contribution in [3.05, 3.63) is 30.1 Å². The summed E-state index contributed by atoms with van der Waals surface area (Å²) in [6, 6.07) is 0. The number of carbonyl (C=O) groups excluding carboxylic acids is 1. The molecule has 19 heavy (non-hydrogen) atoms. The van der Waals surface area contributed by atoms with E-state index in [2.05, 4.69) is 21.9 Å². The molecule has 0 fully saturated rings. The summed E-state index contributed by atoms with van der Waals surface area (Å²) in [5.74, 6) is 2.04. The van der Waals surface area contributed by atoms with E-state index in [1.165, 1.54) is 6.20 Å². The molecule has 1 aromatic heterocycles. The van der Waals surface area contributed by atoms with Gasteiger partial charge in [0, 0.05) is 24.2 Å². The van der Waals surface area contributed by atoms with Gasteiger partial charge in [-0.2, -0.15) is 11.8 Å². The summed E-state index contributed by atoms with van der Waals surface area (Å²) in [5.41, 5.74) is 1.03. The summed E-state index contributed by atoms with van der Waals surface area (Å²) in [7, 11) is 0. The number of nitrogens with zero attached hydrogens (tertiary/aromatic N) is 2. The largest absolute Gasteiger partial charge is 0.462 e. The van der Waals surface area contributed by atoms with Crippen molar-refractivity contribution in [3.63, 3.8) is 0 Å². The Morgan fingerprint density at radius 3 is 3.05 bits per heavy atom. The lowest BCUT2D eigenvalue weighted by Gasteiger charge is -2.07. The summed E-state index contributed by atoms with van der Waals surface area (Å²) in [6.07, 6.45) is 3.37. The number of hydrogen-bond acceptors (Lipinski definition) is 6. The van der Waals surface area contributed by atoms with Gasteiger partial charge in [0.25, 0.3) is 0 Å². The van der Waals surface area contributed by atoms with Gasteiger partial charge in [-0.15, -0.1) is 6.58 Å². The number of thioether (sulfide) groups is 1. The van der Waals surface area contributed by atoms with Crippen molar-refractivity contribution in [1.82, 2.24) is 9.97 Å². The first-order chi connectivity index (χ1) is 9.19. The molecule has 0 saturated carbocycles. The van der Waals surface area contributed by atoms with E-state index < -0.39 is 0 Å². The number of ether oxygens (including phenoxy) is 1. The van der Waals surface area contributed by atoms with Crippen molar-refractivity contribution in [2.75, 3.05) is 30.0 Å². The lowest BCUT2D eigenvalue weighted by molar-refractivity contribution is 0.0524. The van der Waals surface area contributed by atoms with Crippen molar-refractivity contribution < 1.29 is 9.53 Å². The molecular formula is C13H19N3O2S. The first-order valence-electron chi connectivity index (χ1n) is 6.12. The predicted molar refractivity (Wildman–Crippen MR) is 78.7 cm³/mol. The molecule has 0 atom stereocenters. The summed E-state index contributed by atoms with van der Waals surface area (Å²) in [5, 5.41) is 3.11. The number of rotatable bonds is 8. The van der Waals surface area contributed by atoms with E-state index in [9.17, 15) is 4.79 Å². The fraction of sp³-hybridized carbons (Fsp3) is 0.462. The first-order valence-corrected chi connectivity index (χ1v) is 7.27. The van der Waals surface area contributed by atoms with Crippen LogP contribution in [0.4, 0.5) is 5.95 Å². The highest BCUT2D eigenvalue weighted by Crippen LogP contribution is 2.09. The van der Waals surface area contributed by atoms with Crippen LogP contribution in [0.2, 0.25) is 0 Å². The second-order valence-corrected chi connectivity index (χ2v) is 4.85. The second-order valence-electron chi connectivity index (χ2n) is 3.70. The van der Waals surface area contributed by atoms with Gasteiger partial charge in [-0.25, -0.2) is 14.8 Å². The molecule has 1 rings (SSSR count). The number of carbonyl (C=O) groups is 1. The quantitative estimate of drug-likeness (QED) is 0.448. The Balaban J connectivity index is 2.51. The van der Waals surface area contributed by atoms with E-state index in [1.807, 2.05) is 6.08 Å². The van der Waals surface area contributed by atoms with Gasteiger partial charge in [0.05, 0.1) is 17.9 Å². The average molecular weight is 281 g/mol. The Kier molecular flexibility index (Phi) is 6.95. The molecule has 0 aliphatic rings. The summed E-state index contributed by atoms with van der Waals surface area (Å²) < 4.78 is 4.92. The molecule has 1 heterocycles. The maximum absolute atomic E-state index is 11.6. The van der Waals surface area contributed by atoms with Crippen molar-refractivity contribution in [3.8, 4) is 0 Å². The molecule has 0 amide bonds. The molecule has 0 saturated heterocycles. The van der Waals surface area contributed by atoms with E-state index in [4.69, 9.17) is 4.74 Å².